The molecular weight excluding hydrogens is 329 g/mol. The first-order valence-corrected chi connectivity index (χ1v) is 8.67. The molecule has 134 valence electrons. The molecule has 1 N–H and O–H groups in total. The molecule has 0 atom stereocenters. The minimum atomic E-state index is -0.218. The lowest BCUT2D eigenvalue weighted by atomic mass is 10.2. The van der Waals surface area contributed by atoms with Gasteiger partial charge in [-0.1, -0.05) is 36.9 Å². The molecule has 0 fully saturated rings. The predicted molar refractivity (Wildman–Crippen MR) is 101 cm³/mol. The summed E-state index contributed by atoms with van der Waals surface area (Å²) in [6.07, 6.45) is 1.44. The maximum atomic E-state index is 14.1. The maximum absolute atomic E-state index is 14.1. The number of aromatic nitrogens is 2. The summed E-state index contributed by atoms with van der Waals surface area (Å²) in [5.74, 6) is 0.536. The number of amides is 1. The molecule has 0 aliphatic heterocycles. The Bertz CT molecular complexity index is 945. The molecule has 0 unspecified atom stereocenters. The fraction of sp³-hybridized carbons (Fsp3) is 0.238. The van der Waals surface area contributed by atoms with Crippen molar-refractivity contribution >= 4 is 16.9 Å². The number of fused-ring (bicyclic) bond motifs is 1. The van der Waals surface area contributed by atoms with E-state index in [1.165, 1.54) is 6.07 Å². The lowest BCUT2D eigenvalue weighted by Crippen LogP contribution is -2.25. The van der Waals surface area contributed by atoms with Crippen LogP contribution in [0.2, 0.25) is 0 Å². The summed E-state index contributed by atoms with van der Waals surface area (Å²) < 4.78 is 16.1. The zero-order valence-corrected chi connectivity index (χ0v) is 14.8. The van der Waals surface area contributed by atoms with E-state index in [-0.39, 0.29) is 11.7 Å². The summed E-state index contributed by atoms with van der Waals surface area (Å²) in [5.41, 5.74) is 3.01. The number of aryl methyl sites for hydroxylation is 1. The van der Waals surface area contributed by atoms with Gasteiger partial charge in [-0.05, 0) is 31.5 Å². The Balaban J connectivity index is 1.80. The number of halogens is 1. The first-order valence-electron chi connectivity index (χ1n) is 8.67. The van der Waals surface area contributed by atoms with Gasteiger partial charge in [0.05, 0.1) is 17.6 Å². The Hall–Kier alpha value is -2.95. The van der Waals surface area contributed by atoms with Gasteiger partial charge in [-0.15, -0.1) is 0 Å². The molecule has 1 aromatic heterocycles. The number of para-hydroxylation sites is 2. The van der Waals surface area contributed by atoms with E-state index in [4.69, 9.17) is 4.98 Å². The number of benzene rings is 2. The average Bonchev–Trinajstić information content (AvgIpc) is 2.98. The summed E-state index contributed by atoms with van der Waals surface area (Å²) in [7, 11) is 0. The Morgan fingerprint density at radius 3 is 2.69 bits per heavy atom. The van der Waals surface area contributed by atoms with Crippen LogP contribution in [-0.2, 0) is 17.8 Å². The highest BCUT2D eigenvalue weighted by Gasteiger charge is 2.12. The number of nitrogens with one attached hydrogen (secondary N) is 1. The van der Waals surface area contributed by atoms with E-state index in [1.807, 2.05) is 34.9 Å². The molecule has 0 bridgehead atoms. The highest BCUT2D eigenvalue weighted by molar-refractivity contribution is 5.92. The van der Waals surface area contributed by atoms with Crippen molar-refractivity contribution in [2.75, 3.05) is 6.54 Å². The van der Waals surface area contributed by atoms with Crippen molar-refractivity contribution in [2.45, 2.75) is 26.3 Å². The van der Waals surface area contributed by atoms with E-state index in [9.17, 15) is 9.18 Å². The van der Waals surface area contributed by atoms with Gasteiger partial charge in [0.1, 0.15) is 11.6 Å². The van der Waals surface area contributed by atoms with Crippen LogP contribution in [0.3, 0.4) is 0 Å². The Morgan fingerprint density at radius 1 is 1.19 bits per heavy atom. The number of carbonyl (C=O) groups excluding carboxylic acids is 1. The van der Waals surface area contributed by atoms with Gasteiger partial charge in [0, 0.05) is 24.1 Å². The minimum Gasteiger partial charge on any atom is -0.352 e. The maximum Gasteiger partial charge on any atom is 0.246 e. The van der Waals surface area contributed by atoms with Crippen LogP contribution in [0.4, 0.5) is 4.39 Å². The van der Waals surface area contributed by atoms with Gasteiger partial charge in [0.2, 0.25) is 5.91 Å². The monoisotopic (exact) mass is 351 g/mol. The molecule has 3 aromatic rings. The first-order chi connectivity index (χ1) is 12.6. The Kier molecular flexibility index (Phi) is 5.46. The van der Waals surface area contributed by atoms with Gasteiger partial charge < -0.3 is 9.88 Å². The topological polar surface area (TPSA) is 46.9 Å². The molecule has 0 aliphatic carbocycles. The Labute approximate surface area is 152 Å². The van der Waals surface area contributed by atoms with Crippen LogP contribution < -0.4 is 5.32 Å². The second kappa shape index (κ2) is 7.95. The van der Waals surface area contributed by atoms with E-state index in [2.05, 4.69) is 11.9 Å². The van der Waals surface area contributed by atoms with Gasteiger partial charge in [0.25, 0.3) is 0 Å². The SMILES string of the molecule is C=C(C)C(=O)NCCCc1nc2ccccc2n1Cc1ccccc1F. The lowest BCUT2D eigenvalue weighted by molar-refractivity contribution is -0.117. The van der Waals surface area contributed by atoms with Crippen LogP contribution in [0.5, 0.6) is 0 Å². The quantitative estimate of drug-likeness (QED) is 0.519. The Morgan fingerprint density at radius 2 is 1.92 bits per heavy atom. The van der Waals surface area contributed by atoms with Gasteiger partial charge >= 0.3 is 0 Å². The standard InChI is InChI=1S/C21H22FN3O/c1-15(2)21(26)23-13-7-12-20-24-18-10-5-6-11-19(18)25(20)14-16-8-3-4-9-17(16)22/h3-6,8-11H,1,7,12-14H2,2H3,(H,23,26). The number of hydrogen-bond acceptors (Lipinski definition) is 2. The largest absolute Gasteiger partial charge is 0.352 e. The zero-order valence-electron chi connectivity index (χ0n) is 14.8. The molecule has 2 aromatic carbocycles. The molecular formula is C21H22FN3O. The molecule has 0 spiro atoms. The van der Waals surface area contributed by atoms with Crippen LogP contribution in [-0.4, -0.2) is 22.0 Å². The van der Waals surface area contributed by atoms with Crippen LogP contribution in [0.15, 0.2) is 60.7 Å². The predicted octanol–water partition coefficient (Wildman–Crippen LogP) is 3.85. The molecule has 1 amide bonds. The van der Waals surface area contributed by atoms with Gasteiger partial charge in [0.15, 0.2) is 0 Å². The smallest absolute Gasteiger partial charge is 0.246 e. The molecule has 1 heterocycles. The number of hydrogen-bond donors (Lipinski definition) is 1. The van der Waals surface area contributed by atoms with Crippen LogP contribution in [0.25, 0.3) is 11.0 Å². The molecule has 26 heavy (non-hydrogen) atoms. The van der Waals surface area contributed by atoms with Gasteiger partial charge in [-0.25, -0.2) is 9.37 Å². The fourth-order valence-corrected chi connectivity index (χ4v) is 2.89. The average molecular weight is 351 g/mol. The summed E-state index contributed by atoms with van der Waals surface area (Å²) in [6, 6.07) is 14.6. The van der Waals surface area contributed by atoms with E-state index >= 15 is 0 Å². The van der Waals surface area contributed by atoms with E-state index in [0.717, 1.165) is 23.3 Å². The first kappa shape index (κ1) is 17.9. The van der Waals surface area contributed by atoms with Crippen molar-refractivity contribution in [3.05, 3.63) is 77.9 Å². The summed E-state index contributed by atoms with van der Waals surface area (Å²) in [6.45, 7) is 6.29. The number of nitrogens with zero attached hydrogens (tertiary/aromatic N) is 2. The molecule has 0 saturated carbocycles. The second-order valence-electron chi connectivity index (χ2n) is 6.33. The summed E-state index contributed by atoms with van der Waals surface area (Å²) >= 11 is 0. The van der Waals surface area contributed by atoms with Gasteiger partial charge in [-0.2, -0.15) is 0 Å². The minimum absolute atomic E-state index is 0.134. The van der Waals surface area contributed by atoms with Crippen LogP contribution in [0, 0.1) is 5.82 Å². The van der Waals surface area contributed by atoms with Crippen molar-refractivity contribution in [1.29, 1.82) is 0 Å². The molecule has 0 saturated heterocycles. The third kappa shape index (κ3) is 3.99. The third-order valence-corrected chi connectivity index (χ3v) is 4.27. The number of rotatable bonds is 7. The number of carbonyl (C=O) groups is 1. The number of imidazole rings is 1. The molecule has 0 radical (unpaired) electrons. The normalized spacial score (nSPS) is 10.8. The van der Waals surface area contributed by atoms with E-state index in [1.54, 1.807) is 19.1 Å². The lowest BCUT2D eigenvalue weighted by Gasteiger charge is -2.11. The molecule has 4 nitrogen and oxygen atoms in total. The van der Waals surface area contributed by atoms with Crippen molar-refractivity contribution in [3.8, 4) is 0 Å². The zero-order chi connectivity index (χ0) is 18.5. The molecule has 0 aliphatic rings. The van der Waals surface area contributed by atoms with E-state index in [0.29, 0.717) is 30.6 Å². The third-order valence-electron chi connectivity index (χ3n) is 4.27. The highest BCUT2D eigenvalue weighted by Crippen LogP contribution is 2.20. The highest BCUT2D eigenvalue weighted by atomic mass is 19.1. The van der Waals surface area contributed by atoms with Crippen molar-refractivity contribution in [3.63, 3.8) is 0 Å². The van der Waals surface area contributed by atoms with Crippen molar-refractivity contribution in [1.82, 2.24) is 14.9 Å². The van der Waals surface area contributed by atoms with Gasteiger partial charge in [-0.3, -0.25) is 4.79 Å². The van der Waals surface area contributed by atoms with Crippen molar-refractivity contribution in [2.24, 2.45) is 0 Å². The second-order valence-corrected chi connectivity index (χ2v) is 6.33. The fourth-order valence-electron chi connectivity index (χ4n) is 2.89. The summed E-state index contributed by atoms with van der Waals surface area (Å²) in [4.78, 5) is 16.3. The molecule has 5 heteroatoms. The molecule has 3 rings (SSSR count). The summed E-state index contributed by atoms with van der Waals surface area (Å²) in [5, 5.41) is 2.83. The van der Waals surface area contributed by atoms with Crippen molar-refractivity contribution < 1.29 is 9.18 Å². The van der Waals surface area contributed by atoms with E-state index < -0.39 is 0 Å². The van der Waals surface area contributed by atoms with Crippen LogP contribution >= 0.6 is 0 Å². The van der Waals surface area contributed by atoms with Crippen LogP contribution in [0.1, 0.15) is 24.7 Å².